The van der Waals surface area contributed by atoms with Crippen LogP contribution in [0.1, 0.15) is 29.7 Å². The number of carbonyl (C=O) groups is 1. The molecule has 168 valence electrons. The van der Waals surface area contributed by atoms with Gasteiger partial charge < -0.3 is 24.7 Å². The standard InChI is InChI=1S/C25H24N4O4/c1-3-10-28-15(2)12-20-21(23(28)30)25(18(13-26)22(27)33-20)17-8-4-5-9-19(17)29(24(25)31)14-16-7-6-11-32-16/h3-5,8-9,12,16H,1,6-7,10-11,14,27H2,2H3. The maximum Gasteiger partial charge on any atom is 0.259 e. The summed E-state index contributed by atoms with van der Waals surface area (Å²) < 4.78 is 13.1. The number of para-hydroxylation sites is 1. The second kappa shape index (κ2) is 7.64. The molecule has 3 aliphatic rings. The minimum absolute atomic E-state index is 0.0756. The molecule has 1 spiro atoms. The Balaban J connectivity index is 1.84. The summed E-state index contributed by atoms with van der Waals surface area (Å²) in [4.78, 5) is 29.8. The van der Waals surface area contributed by atoms with Crippen molar-refractivity contribution in [1.29, 1.82) is 5.26 Å². The fourth-order valence-electron chi connectivity index (χ4n) is 5.25. The number of aromatic nitrogens is 1. The van der Waals surface area contributed by atoms with Crippen LogP contribution in [0.4, 0.5) is 5.69 Å². The Bertz CT molecular complexity index is 1310. The average Bonchev–Trinajstić information content (AvgIpc) is 3.39. The third kappa shape index (κ3) is 2.79. The molecule has 4 heterocycles. The van der Waals surface area contributed by atoms with E-state index >= 15 is 0 Å². The van der Waals surface area contributed by atoms with Gasteiger partial charge in [-0.15, -0.1) is 6.58 Å². The van der Waals surface area contributed by atoms with E-state index in [1.54, 1.807) is 36.1 Å². The molecule has 1 aromatic heterocycles. The number of rotatable bonds is 4. The van der Waals surface area contributed by atoms with E-state index in [2.05, 4.69) is 12.6 Å². The predicted molar refractivity (Wildman–Crippen MR) is 122 cm³/mol. The van der Waals surface area contributed by atoms with E-state index in [1.807, 2.05) is 12.1 Å². The first-order valence-electron chi connectivity index (χ1n) is 10.9. The van der Waals surface area contributed by atoms with Gasteiger partial charge in [-0.05, 0) is 25.8 Å². The number of carbonyl (C=O) groups excluding carboxylic acids is 1. The largest absolute Gasteiger partial charge is 0.440 e. The Kier molecular flexibility index (Phi) is 4.87. The highest BCUT2D eigenvalue weighted by Gasteiger charge is 2.60. The van der Waals surface area contributed by atoms with Crippen molar-refractivity contribution in [2.24, 2.45) is 5.73 Å². The van der Waals surface area contributed by atoms with E-state index in [9.17, 15) is 14.9 Å². The molecule has 0 aliphatic carbocycles. The van der Waals surface area contributed by atoms with Gasteiger partial charge in [0, 0.05) is 36.2 Å². The number of fused-ring (bicyclic) bond motifs is 4. The van der Waals surface area contributed by atoms with E-state index in [0.29, 0.717) is 30.1 Å². The molecular weight excluding hydrogens is 420 g/mol. The van der Waals surface area contributed by atoms with Crippen molar-refractivity contribution < 1.29 is 14.3 Å². The van der Waals surface area contributed by atoms with Gasteiger partial charge in [0.1, 0.15) is 17.4 Å². The van der Waals surface area contributed by atoms with Gasteiger partial charge >= 0.3 is 0 Å². The smallest absolute Gasteiger partial charge is 0.259 e. The van der Waals surface area contributed by atoms with Crippen LogP contribution in [0.25, 0.3) is 0 Å². The first kappa shape index (κ1) is 21.0. The lowest BCUT2D eigenvalue weighted by atomic mass is 9.69. The number of pyridine rings is 1. The number of hydrogen-bond acceptors (Lipinski definition) is 6. The van der Waals surface area contributed by atoms with Crippen molar-refractivity contribution in [1.82, 2.24) is 4.57 Å². The van der Waals surface area contributed by atoms with E-state index in [4.69, 9.17) is 15.2 Å². The third-order valence-corrected chi connectivity index (χ3v) is 6.69. The van der Waals surface area contributed by atoms with E-state index in [0.717, 1.165) is 12.8 Å². The summed E-state index contributed by atoms with van der Waals surface area (Å²) in [5.41, 5.74) is 5.95. The molecule has 3 aliphatic heterocycles. The molecular formula is C25H24N4O4. The lowest BCUT2D eigenvalue weighted by Crippen LogP contribution is -2.51. The quantitative estimate of drug-likeness (QED) is 0.724. The monoisotopic (exact) mass is 444 g/mol. The fourth-order valence-corrected chi connectivity index (χ4v) is 5.25. The summed E-state index contributed by atoms with van der Waals surface area (Å²) in [5, 5.41) is 10.2. The minimum Gasteiger partial charge on any atom is -0.440 e. The minimum atomic E-state index is -1.69. The number of nitriles is 1. The zero-order valence-electron chi connectivity index (χ0n) is 18.3. The molecule has 0 radical (unpaired) electrons. The molecule has 1 amide bonds. The van der Waals surface area contributed by atoms with Gasteiger partial charge in [-0.25, -0.2) is 0 Å². The molecule has 0 bridgehead atoms. The molecule has 1 fully saturated rings. The lowest BCUT2D eigenvalue weighted by Gasteiger charge is -2.34. The SMILES string of the molecule is C=CCn1c(C)cc2c(c1=O)C1(C(=O)N(CC3CCCO3)c3ccccc31)C(C#N)=C(N)O2. The number of nitrogens with two attached hydrogens (primary N) is 1. The first-order valence-corrected chi connectivity index (χ1v) is 10.9. The maximum atomic E-state index is 14.3. The number of ether oxygens (including phenoxy) is 2. The lowest BCUT2D eigenvalue weighted by molar-refractivity contribution is -0.121. The molecule has 2 aromatic rings. The first-order chi connectivity index (χ1) is 15.9. The van der Waals surface area contributed by atoms with Crippen LogP contribution in [0.5, 0.6) is 5.75 Å². The predicted octanol–water partition coefficient (Wildman–Crippen LogP) is 2.24. The van der Waals surface area contributed by atoms with E-state index < -0.39 is 16.9 Å². The van der Waals surface area contributed by atoms with Crippen molar-refractivity contribution in [3.05, 3.63) is 81.6 Å². The Labute approximate surface area is 191 Å². The number of amides is 1. The van der Waals surface area contributed by atoms with Gasteiger partial charge in [-0.2, -0.15) is 5.26 Å². The number of hydrogen-bond donors (Lipinski definition) is 1. The van der Waals surface area contributed by atoms with E-state index in [1.165, 1.54) is 4.57 Å². The summed E-state index contributed by atoms with van der Waals surface area (Å²) in [7, 11) is 0. The maximum absolute atomic E-state index is 14.3. The Morgan fingerprint density at radius 2 is 2.15 bits per heavy atom. The Morgan fingerprint density at radius 3 is 2.85 bits per heavy atom. The van der Waals surface area contributed by atoms with Crippen LogP contribution in [0.2, 0.25) is 0 Å². The molecule has 8 nitrogen and oxygen atoms in total. The Hall–Kier alpha value is -3.83. The number of benzene rings is 1. The summed E-state index contributed by atoms with van der Waals surface area (Å²) in [5.74, 6) is -0.377. The van der Waals surface area contributed by atoms with Crippen molar-refractivity contribution in [2.45, 2.75) is 37.8 Å². The number of aryl methyl sites for hydroxylation is 1. The second-order valence-corrected chi connectivity index (χ2v) is 8.50. The van der Waals surface area contributed by atoms with Crippen molar-refractivity contribution >= 4 is 11.6 Å². The van der Waals surface area contributed by atoms with Crippen molar-refractivity contribution in [3.8, 4) is 11.8 Å². The third-order valence-electron chi connectivity index (χ3n) is 6.69. The van der Waals surface area contributed by atoms with Gasteiger partial charge in [-0.3, -0.25) is 9.59 Å². The van der Waals surface area contributed by atoms with Gasteiger partial charge in [0.15, 0.2) is 5.41 Å². The number of anilines is 1. The van der Waals surface area contributed by atoms with Crippen LogP contribution in [0.3, 0.4) is 0 Å². The summed E-state index contributed by atoms with van der Waals surface area (Å²) in [6.45, 7) is 6.75. The highest BCUT2D eigenvalue weighted by molar-refractivity contribution is 6.14. The topological polar surface area (TPSA) is 111 Å². The summed E-state index contributed by atoms with van der Waals surface area (Å²) >= 11 is 0. The molecule has 1 saturated heterocycles. The molecule has 1 aromatic carbocycles. The van der Waals surface area contributed by atoms with Crippen LogP contribution in [-0.2, 0) is 21.5 Å². The molecule has 33 heavy (non-hydrogen) atoms. The number of nitrogens with zero attached hydrogens (tertiary/aromatic N) is 3. The fraction of sp³-hybridized carbons (Fsp3) is 0.320. The molecule has 5 rings (SSSR count). The van der Waals surface area contributed by atoms with Crippen LogP contribution >= 0.6 is 0 Å². The molecule has 8 heteroatoms. The molecule has 2 N–H and O–H groups in total. The molecule has 2 atom stereocenters. The van der Waals surface area contributed by atoms with Crippen LogP contribution in [0, 0.1) is 18.3 Å². The van der Waals surface area contributed by atoms with Crippen molar-refractivity contribution in [3.63, 3.8) is 0 Å². The average molecular weight is 444 g/mol. The zero-order valence-corrected chi connectivity index (χ0v) is 18.3. The van der Waals surface area contributed by atoms with Gasteiger partial charge in [0.25, 0.3) is 5.56 Å². The highest BCUT2D eigenvalue weighted by Crippen LogP contribution is 2.54. The van der Waals surface area contributed by atoms with Gasteiger partial charge in [-0.1, -0.05) is 24.3 Å². The van der Waals surface area contributed by atoms with Gasteiger partial charge in [0.2, 0.25) is 11.8 Å². The number of allylic oxidation sites excluding steroid dienone is 1. The molecule has 2 unspecified atom stereocenters. The highest BCUT2D eigenvalue weighted by atomic mass is 16.5. The summed E-state index contributed by atoms with van der Waals surface area (Å²) in [6.07, 6.45) is 3.27. The van der Waals surface area contributed by atoms with Crippen molar-refractivity contribution in [2.75, 3.05) is 18.1 Å². The van der Waals surface area contributed by atoms with Crippen LogP contribution < -0.4 is 20.9 Å². The summed E-state index contributed by atoms with van der Waals surface area (Å²) in [6, 6.07) is 11.0. The molecule has 0 saturated carbocycles. The normalized spacial score (nSPS) is 23.3. The van der Waals surface area contributed by atoms with Crippen LogP contribution in [-0.4, -0.2) is 29.7 Å². The second-order valence-electron chi connectivity index (χ2n) is 8.50. The van der Waals surface area contributed by atoms with Gasteiger partial charge in [0.05, 0.1) is 18.2 Å². The van der Waals surface area contributed by atoms with E-state index in [-0.39, 0.29) is 35.4 Å². The van der Waals surface area contributed by atoms with Crippen LogP contribution in [0.15, 0.2) is 59.2 Å². The Morgan fingerprint density at radius 1 is 1.36 bits per heavy atom. The zero-order chi connectivity index (χ0) is 23.3.